The molecule has 0 N–H and O–H groups in total. The SMILES string of the molecule is CCc1cc(CC)c(C(Cl)c2cc(C)oc2C)c(CC)c1. The van der Waals surface area contributed by atoms with Crippen molar-refractivity contribution < 1.29 is 4.42 Å². The molecule has 0 radical (unpaired) electrons. The topological polar surface area (TPSA) is 13.1 Å². The van der Waals surface area contributed by atoms with E-state index in [1.54, 1.807) is 0 Å². The van der Waals surface area contributed by atoms with Crippen LogP contribution in [0.2, 0.25) is 0 Å². The molecule has 0 spiro atoms. The van der Waals surface area contributed by atoms with Gasteiger partial charge in [-0.05, 0) is 61.4 Å². The van der Waals surface area contributed by atoms with Gasteiger partial charge in [0.25, 0.3) is 0 Å². The number of benzene rings is 1. The van der Waals surface area contributed by atoms with Crippen molar-refractivity contribution in [2.45, 2.75) is 59.3 Å². The van der Waals surface area contributed by atoms with Crippen LogP contribution in [0.5, 0.6) is 0 Å². The molecule has 0 saturated heterocycles. The van der Waals surface area contributed by atoms with Gasteiger partial charge >= 0.3 is 0 Å². The molecule has 0 aliphatic heterocycles. The Balaban J connectivity index is 2.58. The van der Waals surface area contributed by atoms with Gasteiger partial charge < -0.3 is 4.42 Å². The third-order valence-electron chi connectivity index (χ3n) is 4.19. The van der Waals surface area contributed by atoms with Crippen molar-refractivity contribution in [3.8, 4) is 0 Å². The average Bonchev–Trinajstić information content (AvgIpc) is 2.83. The van der Waals surface area contributed by atoms with Gasteiger partial charge in [0, 0.05) is 5.56 Å². The van der Waals surface area contributed by atoms with Crippen molar-refractivity contribution >= 4 is 11.6 Å². The van der Waals surface area contributed by atoms with Crippen LogP contribution >= 0.6 is 11.6 Å². The molecule has 1 aromatic carbocycles. The van der Waals surface area contributed by atoms with E-state index in [-0.39, 0.29) is 5.38 Å². The number of halogens is 1. The first-order chi connectivity index (χ1) is 10.0. The minimum absolute atomic E-state index is 0.127. The van der Waals surface area contributed by atoms with Crippen molar-refractivity contribution in [3.05, 3.63) is 57.5 Å². The van der Waals surface area contributed by atoms with E-state index in [0.29, 0.717) is 0 Å². The van der Waals surface area contributed by atoms with E-state index in [2.05, 4.69) is 39.0 Å². The zero-order chi connectivity index (χ0) is 15.6. The third-order valence-corrected chi connectivity index (χ3v) is 4.64. The van der Waals surface area contributed by atoms with Crippen molar-refractivity contribution in [2.24, 2.45) is 0 Å². The first-order valence-electron chi connectivity index (χ1n) is 7.87. The molecule has 1 aromatic heterocycles. The minimum Gasteiger partial charge on any atom is -0.466 e. The van der Waals surface area contributed by atoms with Gasteiger partial charge in [-0.2, -0.15) is 0 Å². The molecule has 0 saturated carbocycles. The van der Waals surface area contributed by atoms with Crippen LogP contribution in [0.15, 0.2) is 22.6 Å². The second kappa shape index (κ2) is 6.70. The second-order valence-corrected chi connectivity index (χ2v) is 6.06. The first kappa shape index (κ1) is 16.2. The van der Waals surface area contributed by atoms with Gasteiger partial charge in [0.05, 0.1) is 5.38 Å². The van der Waals surface area contributed by atoms with Gasteiger partial charge in [0.2, 0.25) is 0 Å². The number of furan rings is 1. The van der Waals surface area contributed by atoms with Crippen LogP contribution in [-0.2, 0) is 19.3 Å². The molecule has 2 rings (SSSR count). The molecule has 1 atom stereocenters. The monoisotopic (exact) mass is 304 g/mol. The summed E-state index contributed by atoms with van der Waals surface area (Å²) in [5, 5.41) is -0.127. The van der Waals surface area contributed by atoms with E-state index in [1.807, 2.05) is 13.8 Å². The Bertz CT molecular complexity index is 599. The van der Waals surface area contributed by atoms with Crippen molar-refractivity contribution in [1.82, 2.24) is 0 Å². The summed E-state index contributed by atoms with van der Waals surface area (Å²) in [6.45, 7) is 10.6. The zero-order valence-corrected chi connectivity index (χ0v) is 14.5. The molecule has 2 aromatic rings. The molecule has 114 valence electrons. The van der Waals surface area contributed by atoms with Crippen LogP contribution < -0.4 is 0 Å². The van der Waals surface area contributed by atoms with E-state index in [9.17, 15) is 0 Å². The summed E-state index contributed by atoms with van der Waals surface area (Å²) in [6, 6.07) is 6.69. The summed E-state index contributed by atoms with van der Waals surface area (Å²) < 4.78 is 5.66. The second-order valence-electron chi connectivity index (χ2n) is 5.62. The lowest BCUT2D eigenvalue weighted by molar-refractivity contribution is 0.501. The van der Waals surface area contributed by atoms with E-state index in [1.165, 1.54) is 22.3 Å². The molecule has 0 amide bonds. The number of hydrogen-bond acceptors (Lipinski definition) is 1. The molecular formula is C19H25ClO. The highest BCUT2D eigenvalue weighted by Gasteiger charge is 2.22. The molecule has 0 fully saturated rings. The maximum Gasteiger partial charge on any atom is 0.106 e. The fraction of sp³-hybridized carbons (Fsp3) is 0.474. The lowest BCUT2D eigenvalue weighted by Gasteiger charge is -2.19. The molecular weight excluding hydrogens is 280 g/mol. The maximum atomic E-state index is 6.85. The summed E-state index contributed by atoms with van der Waals surface area (Å²) in [6.07, 6.45) is 3.08. The normalized spacial score (nSPS) is 12.7. The molecule has 1 heterocycles. The third kappa shape index (κ3) is 3.18. The van der Waals surface area contributed by atoms with Crippen molar-refractivity contribution in [3.63, 3.8) is 0 Å². The fourth-order valence-electron chi connectivity index (χ4n) is 3.02. The van der Waals surface area contributed by atoms with Gasteiger partial charge in [-0.3, -0.25) is 0 Å². The Morgan fingerprint density at radius 3 is 1.90 bits per heavy atom. The highest BCUT2D eigenvalue weighted by Crippen LogP contribution is 2.37. The van der Waals surface area contributed by atoms with Crippen LogP contribution in [0.1, 0.15) is 65.5 Å². The van der Waals surface area contributed by atoms with Crippen LogP contribution in [-0.4, -0.2) is 0 Å². The van der Waals surface area contributed by atoms with E-state index in [0.717, 1.165) is 36.3 Å². The molecule has 1 nitrogen and oxygen atoms in total. The Labute approximate surface area is 133 Å². The van der Waals surface area contributed by atoms with Gasteiger partial charge in [-0.15, -0.1) is 11.6 Å². The molecule has 2 heteroatoms. The Morgan fingerprint density at radius 2 is 1.52 bits per heavy atom. The van der Waals surface area contributed by atoms with Gasteiger partial charge in [0.1, 0.15) is 11.5 Å². The highest BCUT2D eigenvalue weighted by molar-refractivity contribution is 6.23. The first-order valence-corrected chi connectivity index (χ1v) is 8.30. The van der Waals surface area contributed by atoms with E-state index in [4.69, 9.17) is 16.0 Å². The number of aryl methyl sites for hydroxylation is 5. The zero-order valence-electron chi connectivity index (χ0n) is 13.7. The number of hydrogen-bond donors (Lipinski definition) is 0. The van der Waals surface area contributed by atoms with Gasteiger partial charge in [-0.1, -0.05) is 32.9 Å². The summed E-state index contributed by atoms with van der Waals surface area (Å²) >= 11 is 6.85. The lowest BCUT2D eigenvalue weighted by Crippen LogP contribution is -2.05. The Kier molecular flexibility index (Phi) is 5.16. The Hall–Kier alpha value is -1.21. The highest BCUT2D eigenvalue weighted by atomic mass is 35.5. The molecule has 21 heavy (non-hydrogen) atoms. The maximum absolute atomic E-state index is 6.85. The quantitative estimate of drug-likeness (QED) is 0.626. The van der Waals surface area contributed by atoms with Crippen molar-refractivity contribution in [2.75, 3.05) is 0 Å². The summed E-state index contributed by atoms with van der Waals surface area (Å²) in [7, 11) is 0. The smallest absolute Gasteiger partial charge is 0.106 e. The molecule has 0 aliphatic rings. The summed E-state index contributed by atoms with van der Waals surface area (Å²) in [4.78, 5) is 0. The van der Waals surface area contributed by atoms with Crippen LogP contribution in [0.25, 0.3) is 0 Å². The summed E-state index contributed by atoms with van der Waals surface area (Å²) in [5.74, 6) is 1.85. The summed E-state index contributed by atoms with van der Waals surface area (Å²) in [5.41, 5.74) is 6.51. The predicted molar refractivity (Wildman–Crippen MR) is 90.5 cm³/mol. The standard InChI is InChI=1S/C19H25ClO/c1-6-14-10-15(7-2)18(16(8-3)11-14)19(20)17-9-12(4)21-13(17)5/h9-11,19H,6-8H2,1-5H3. The number of alkyl halides is 1. The lowest BCUT2D eigenvalue weighted by atomic mass is 9.89. The minimum atomic E-state index is -0.127. The van der Waals surface area contributed by atoms with Crippen LogP contribution in [0.3, 0.4) is 0 Å². The van der Waals surface area contributed by atoms with Crippen molar-refractivity contribution in [1.29, 1.82) is 0 Å². The number of rotatable bonds is 5. The average molecular weight is 305 g/mol. The van der Waals surface area contributed by atoms with Gasteiger partial charge in [-0.25, -0.2) is 0 Å². The van der Waals surface area contributed by atoms with E-state index < -0.39 is 0 Å². The van der Waals surface area contributed by atoms with E-state index >= 15 is 0 Å². The largest absolute Gasteiger partial charge is 0.466 e. The predicted octanol–water partition coefficient (Wildman–Crippen LogP) is 5.91. The van der Waals surface area contributed by atoms with Crippen LogP contribution in [0, 0.1) is 13.8 Å². The molecule has 0 aliphatic carbocycles. The van der Waals surface area contributed by atoms with Gasteiger partial charge in [0.15, 0.2) is 0 Å². The molecule has 1 unspecified atom stereocenters. The fourth-order valence-corrected chi connectivity index (χ4v) is 3.52. The Morgan fingerprint density at radius 1 is 0.952 bits per heavy atom. The van der Waals surface area contributed by atoms with Crippen LogP contribution in [0.4, 0.5) is 0 Å². The molecule has 0 bridgehead atoms.